The molecular weight excluding hydrogens is 370 g/mol. The van der Waals surface area contributed by atoms with Crippen LogP contribution in [-0.2, 0) is 16.4 Å². The minimum Gasteiger partial charge on any atom is -0.491 e. The molecule has 0 spiro atoms. The fraction of sp³-hybridized carbons (Fsp3) is 0.478. The van der Waals surface area contributed by atoms with Gasteiger partial charge in [0.15, 0.2) is 0 Å². The predicted molar refractivity (Wildman–Crippen MR) is 118 cm³/mol. The number of ether oxygens (including phenoxy) is 1. The Labute approximate surface area is 172 Å². The van der Waals surface area contributed by atoms with Crippen LogP contribution in [0.4, 0.5) is 0 Å². The second-order valence-corrected chi connectivity index (χ2v) is 8.86. The quantitative estimate of drug-likeness (QED) is 0.660. The molecule has 28 heavy (non-hydrogen) atoms. The molecule has 2 aromatic carbocycles. The number of hydrogen-bond donors (Lipinski definition) is 1. The zero-order valence-electron chi connectivity index (χ0n) is 18.0. The van der Waals surface area contributed by atoms with E-state index in [9.17, 15) is 4.21 Å². The van der Waals surface area contributed by atoms with Crippen molar-refractivity contribution in [1.29, 1.82) is 0 Å². The number of nitrogens with one attached hydrogen (secondary N) is 1. The van der Waals surface area contributed by atoms with Gasteiger partial charge in [0, 0.05) is 0 Å². The van der Waals surface area contributed by atoms with Crippen LogP contribution in [0.1, 0.15) is 57.2 Å². The number of hydrogen-bond acceptors (Lipinski definition) is 2. The van der Waals surface area contributed by atoms with E-state index in [0.717, 1.165) is 34.6 Å². The number of rotatable bonds is 9. The molecule has 2 unspecified atom stereocenters. The van der Waals surface area contributed by atoms with Gasteiger partial charge in [-0.25, -0.2) is 8.93 Å². The van der Waals surface area contributed by atoms with E-state index in [1.807, 2.05) is 51.1 Å². The Balaban J connectivity index is 0.00000392. The molecule has 4 nitrogen and oxygen atoms in total. The van der Waals surface area contributed by atoms with E-state index in [1.165, 1.54) is 5.56 Å². The lowest BCUT2D eigenvalue weighted by Gasteiger charge is -2.27. The molecule has 0 aliphatic carbocycles. The zero-order chi connectivity index (χ0) is 20.0. The van der Waals surface area contributed by atoms with Crippen LogP contribution in [0.2, 0.25) is 0 Å². The third-order valence-corrected chi connectivity index (χ3v) is 6.84. The number of benzene rings is 2. The summed E-state index contributed by atoms with van der Waals surface area (Å²) < 4.78 is 21.7. The molecule has 0 radical (unpaired) electrons. The third kappa shape index (κ3) is 5.90. The van der Waals surface area contributed by atoms with Gasteiger partial charge in [-0.05, 0) is 67.9 Å². The van der Waals surface area contributed by atoms with Crippen molar-refractivity contribution in [2.75, 3.05) is 6.61 Å². The molecule has 0 bridgehead atoms. The van der Waals surface area contributed by atoms with E-state index >= 15 is 0 Å². The first-order valence-corrected chi connectivity index (χ1v) is 10.9. The maximum absolute atomic E-state index is 12.6. The monoisotopic (exact) mass is 405 g/mol. The van der Waals surface area contributed by atoms with Crippen LogP contribution >= 0.6 is 0 Å². The Kier molecular flexibility index (Phi) is 9.34. The van der Waals surface area contributed by atoms with Crippen molar-refractivity contribution in [2.24, 2.45) is 0 Å². The van der Waals surface area contributed by atoms with E-state index in [1.54, 1.807) is 0 Å². The normalized spacial score (nSPS) is 13.5. The maximum Gasteiger partial charge on any atom is 0.125 e. The van der Waals surface area contributed by atoms with Crippen molar-refractivity contribution in [3.63, 3.8) is 0 Å². The second kappa shape index (κ2) is 10.7. The van der Waals surface area contributed by atoms with Crippen LogP contribution in [0.15, 0.2) is 47.4 Å². The average Bonchev–Trinajstić information content (AvgIpc) is 2.67. The molecule has 0 aliphatic heterocycles. The summed E-state index contributed by atoms with van der Waals surface area (Å²) in [6.45, 7) is 13.3. The summed E-state index contributed by atoms with van der Waals surface area (Å²) in [5.74, 6) is 0.916. The van der Waals surface area contributed by atoms with Crippen LogP contribution in [-0.4, -0.2) is 22.3 Å². The molecule has 2 rings (SSSR count). The highest BCUT2D eigenvalue weighted by molar-refractivity contribution is 7.83. The smallest absolute Gasteiger partial charge is 0.125 e. The lowest BCUT2D eigenvalue weighted by atomic mass is 9.78. The highest BCUT2D eigenvalue weighted by Gasteiger charge is 2.22. The van der Waals surface area contributed by atoms with Gasteiger partial charge >= 0.3 is 0 Å². The van der Waals surface area contributed by atoms with E-state index in [2.05, 4.69) is 37.6 Å². The fourth-order valence-corrected chi connectivity index (χ4v) is 4.11. The van der Waals surface area contributed by atoms with Crippen LogP contribution in [0, 0.1) is 13.8 Å². The van der Waals surface area contributed by atoms with Gasteiger partial charge in [0.05, 0.1) is 10.9 Å². The van der Waals surface area contributed by atoms with Gasteiger partial charge in [-0.1, -0.05) is 51.1 Å². The maximum atomic E-state index is 12.6. The van der Waals surface area contributed by atoms with Gasteiger partial charge in [0.2, 0.25) is 0 Å². The SMILES string of the molecule is CCC(C)(CC)c1ccc(S(=O)NC(C)COc2c(C)cccc2C)cc1.O. The molecule has 2 atom stereocenters. The molecule has 0 heterocycles. The van der Waals surface area contributed by atoms with Crippen LogP contribution in [0.25, 0.3) is 0 Å². The number of para-hydroxylation sites is 1. The average molecular weight is 406 g/mol. The molecule has 5 heteroatoms. The summed E-state index contributed by atoms with van der Waals surface area (Å²) in [5.41, 5.74) is 3.72. The summed E-state index contributed by atoms with van der Waals surface area (Å²) in [6.07, 6.45) is 2.19. The van der Waals surface area contributed by atoms with Crippen LogP contribution < -0.4 is 9.46 Å². The van der Waals surface area contributed by atoms with E-state index in [0.29, 0.717) is 6.61 Å². The van der Waals surface area contributed by atoms with Crippen LogP contribution in [0.5, 0.6) is 5.75 Å². The van der Waals surface area contributed by atoms with Gasteiger partial charge < -0.3 is 10.2 Å². The number of aryl methyl sites for hydroxylation is 2. The molecule has 0 saturated carbocycles. The zero-order valence-corrected chi connectivity index (χ0v) is 18.8. The van der Waals surface area contributed by atoms with E-state index < -0.39 is 11.0 Å². The molecule has 3 N–H and O–H groups in total. The van der Waals surface area contributed by atoms with Crippen molar-refractivity contribution in [3.8, 4) is 5.75 Å². The third-order valence-electron chi connectivity index (χ3n) is 5.52. The van der Waals surface area contributed by atoms with Gasteiger partial charge in [0.1, 0.15) is 23.3 Å². The second-order valence-electron chi connectivity index (χ2n) is 7.61. The largest absolute Gasteiger partial charge is 0.491 e. The van der Waals surface area contributed by atoms with Gasteiger partial charge in [-0.15, -0.1) is 0 Å². The summed E-state index contributed by atoms with van der Waals surface area (Å²) in [4.78, 5) is 0.798. The topological polar surface area (TPSA) is 69.8 Å². The van der Waals surface area contributed by atoms with E-state index in [4.69, 9.17) is 4.74 Å². The first-order chi connectivity index (χ1) is 12.8. The van der Waals surface area contributed by atoms with Crippen molar-refractivity contribution < 1.29 is 14.4 Å². The lowest BCUT2D eigenvalue weighted by Crippen LogP contribution is -2.33. The molecule has 0 amide bonds. The van der Waals surface area contributed by atoms with Crippen molar-refractivity contribution in [3.05, 3.63) is 59.2 Å². The molecule has 2 aromatic rings. The molecule has 0 aliphatic rings. The molecule has 156 valence electrons. The Morgan fingerprint density at radius 2 is 1.57 bits per heavy atom. The summed E-state index contributed by atoms with van der Waals surface area (Å²) in [7, 11) is -1.25. The Bertz CT molecular complexity index is 750. The summed E-state index contributed by atoms with van der Waals surface area (Å²) in [6, 6.07) is 14.3. The summed E-state index contributed by atoms with van der Waals surface area (Å²) >= 11 is 0. The van der Waals surface area contributed by atoms with Crippen molar-refractivity contribution >= 4 is 11.0 Å². The Morgan fingerprint density at radius 1 is 1.04 bits per heavy atom. The lowest BCUT2D eigenvalue weighted by molar-refractivity contribution is 0.285. The Hall–Kier alpha value is -1.69. The van der Waals surface area contributed by atoms with Gasteiger partial charge in [-0.3, -0.25) is 0 Å². The highest BCUT2D eigenvalue weighted by atomic mass is 32.2. The van der Waals surface area contributed by atoms with Crippen molar-refractivity contribution in [2.45, 2.75) is 70.7 Å². The first-order valence-electron chi connectivity index (χ1n) is 9.78. The van der Waals surface area contributed by atoms with Gasteiger partial charge in [0.25, 0.3) is 0 Å². The van der Waals surface area contributed by atoms with E-state index in [-0.39, 0.29) is 16.9 Å². The van der Waals surface area contributed by atoms with Crippen LogP contribution in [0.3, 0.4) is 0 Å². The molecule has 0 saturated heterocycles. The minimum absolute atomic E-state index is 0. The molecule has 0 aromatic heterocycles. The van der Waals surface area contributed by atoms with Gasteiger partial charge in [-0.2, -0.15) is 0 Å². The minimum atomic E-state index is -1.25. The first kappa shape index (κ1) is 24.3. The standard InChI is InChI=1S/C23H33NO2S.H2O/c1-7-23(6,8-2)20-12-14-21(15-13-20)27(25)24-19(5)16-26-22-17(3)10-9-11-18(22)4;/h9-15,19,24H,7-8,16H2,1-6H3;1H2. The Morgan fingerprint density at radius 3 is 2.07 bits per heavy atom. The fourth-order valence-electron chi connectivity index (χ4n) is 3.16. The summed E-state index contributed by atoms with van der Waals surface area (Å²) in [5, 5.41) is 0. The predicted octanol–water partition coefficient (Wildman–Crippen LogP) is 4.64. The molecule has 0 fully saturated rings. The molecular formula is C23H35NO3S. The van der Waals surface area contributed by atoms with Crippen molar-refractivity contribution in [1.82, 2.24) is 4.72 Å². The highest BCUT2D eigenvalue weighted by Crippen LogP contribution is 2.31.